The van der Waals surface area contributed by atoms with Gasteiger partial charge in [0.15, 0.2) is 11.5 Å². The predicted octanol–water partition coefficient (Wildman–Crippen LogP) is 6.22. The third-order valence-electron chi connectivity index (χ3n) is 5.49. The van der Waals surface area contributed by atoms with E-state index in [1.165, 1.54) is 4.90 Å². The second kappa shape index (κ2) is 9.43. The summed E-state index contributed by atoms with van der Waals surface area (Å²) < 4.78 is 12.4. The maximum atomic E-state index is 13.5. The second-order valence-electron chi connectivity index (χ2n) is 8.56. The molecule has 1 aliphatic rings. The standard InChI is InChI=1S/C26H26BrNO5/c1-4-11-28-23(16-5-8-19(9-6-16)32-14-15(2)3)22(25(30)26(28)31)24(29)21-13-17-12-18(27)7-10-20(17)33-21/h5-10,12-13,15,23,30H,4,11,14H2,1-3H3. The van der Waals surface area contributed by atoms with Gasteiger partial charge in [0.1, 0.15) is 11.3 Å². The van der Waals surface area contributed by atoms with Crippen molar-refractivity contribution in [2.75, 3.05) is 13.2 Å². The minimum atomic E-state index is -0.705. The molecule has 2 heterocycles. The molecular weight excluding hydrogens is 486 g/mol. The number of hydrogen-bond donors (Lipinski definition) is 1. The molecule has 0 saturated heterocycles. The van der Waals surface area contributed by atoms with Crippen LogP contribution in [-0.2, 0) is 4.79 Å². The lowest BCUT2D eigenvalue weighted by Gasteiger charge is -2.26. The molecule has 0 saturated carbocycles. The van der Waals surface area contributed by atoms with Crippen LogP contribution < -0.4 is 4.74 Å². The van der Waals surface area contributed by atoms with E-state index >= 15 is 0 Å². The summed E-state index contributed by atoms with van der Waals surface area (Å²) in [4.78, 5) is 27.9. The van der Waals surface area contributed by atoms with Gasteiger partial charge in [0.05, 0.1) is 18.2 Å². The summed E-state index contributed by atoms with van der Waals surface area (Å²) in [5.74, 6) is -0.396. The van der Waals surface area contributed by atoms with Crippen LogP contribution in [0, 0.1) is 5.92 Å². The van der Waals surface area contributed by atoms with Crippen molar-refractivity contribution in [2.45, 2.75) is 33.2 Å². The average molecular weight is 512 g/mol. The molecule has 2 aromatic carbocycles. The molecule has 1 atom stereocenters. The van der Waals surface area contributed by atoms with Crippen LogP contribution in [0.4, 0.5) is 0 Å². The van der Waals surface area contributed by atoms with Gasteiger partial charge >= 0.3 is 0 Å². The van der Waals surface area contributed by atoms with Gasteiger partial charge in [-0.15, -0.1) is 0 Å². The Hall–Kier alpha value is -3.06. The molecule has 6 nitrogen and oxygen atoms in total. The van der Waals surface area contributed by atoms with Crippen LogP contribution in [0.15, 0.2) is 68.8 Å². The Bertz CT molecular complexity index is 1230. The molecule has 1 aromatic heterocycles. The molecule has 0 fully saturated rings. The summed E-state index contributed by atoms with van der Waals surface area (Å²) in [6, 6.07) is 13.7. The van der Waals surface area contributed by atoms with Crippen LogP contribution in [0.1, 0.15) is 49.4 Å². The molecule has 0 aliphatic carbocycles. The van der Waals surface area contributed by atoms with Crippen molar-refractivity contribution in [3.63, 3.8) is 0 Å². The van der Waals surface area contributed by atoms with Crippen molar-refractivity contribution in [1.29, 1.82) is 0 Å². The van der Waals surface area contributed by atoms with E-state index in [4.69, 9.17) is 9.15 Å². The fraction of sp³-hybridized carbons (Fsp3) is 0.308. The molecule has 1 aliphatic heterocycles. The number of aliphatic hydroxyl groups is 1. The largest absolute Gasteiger partial charge is 0.503 e. The van der Waals surface area contributed by atoms with Crippen LogP contribution in [-0.4, -0.2) is 34.8 Å². The maximum Gasteiger partial charge on any atom is 0.290 e. The van der Waals surface area contributed by atoms with Gasteiger partial charge in [-0.1, -0.05) is 48.8 Å². The Morgan fingerprint density at radius 1 is 1.18 bits per heavy atom. The van der Waals surface area contributed by atoms with E-state index in [1.807, 2.05) is 43.3 Å². The van der Waals surface area contributed by atoms with E-state index in [-0.39, 0.29) is 11.3 Å². The number of nitrogens with zero attached hydrogens (tertiary/aromatic N) is 1. The molecule has 0 radical (unpaired) electrons. The Labute approximate surface area is 201 Å². The third-order valence-corrected chi connectivity index (χ3v) is 5.99. The molecular formula is C26H26BrNO5. The zero-order valence-corrected chi connectivity index (χ0v) is 20.4. The minimum absolute atomic E-state index is 0.0300. The SMILES string of the molecule is CCCN1C(=O)C(O)=C(C(=O)c2cc3cc(Br)ccc3o2)C1c1ccc(OCC(C)C)cc1. The first-order valence-electron chi connectivity index (χ1n) is 11.0. The molecule has 33 heavy (non-hydrogen) atoms. The quantitative estimate of drug-likeness (QED) is 0.363. The summed E-state index contributed by atoms with van der Waals surface area (Å²) in [5.41, 5.74) is 1.31. The van der Waals surface area contributed by atoms with Crippen LogP contribution in [0.5, 0.6) is 5.75 Å². The van der Waals surface area contributed by atoms with E-state index < -0.39 is 23.5 Å². The average Bonchev–Trinajstić information content (AvgIpc) is 3.32. The normalized spacial score (nSPS) is 16.3. The lowest BCUT2D eigenvalue weighted by Crippen LogP contribution is -2.31. The summed E-state index contributed by atoms with van der Waals surface area (Å²) in [5, 5.41) is 11.5. The molecule has 0 spiro atoms. The highest BCUT2D eigenvalue weighted by molar-refractivity contribution is 9.10. The van der Waals surface area contributed by atoms with E-state index in [1.54, 1.807) is 12.1 Å². The smallest absolute Gasteiger partial charge is 0.290 e. The molecule has 1 unspecified atom stereocenters. The third kappa shape index (κ3) is 4.55. The number of benzene rings is 2. The number of ether oxygens (including phenoxy) is 1. The molecule has 3 aromatic rings. The first-order chi connectivity index (χ1) is 15.8. The van der Waals surface area contributed by atoms with Gasteiger partial charge in [0, 0.05) is 16.4 Å². The highest BCUT2D eigenvalue weighted by Crippen LogP contribution is 2.40. The molecule has 172 valence electrons. The molecule has 7 heteroatoms. The van der Waals surface area contributed by atoms with Gasteiger partial charge < -0.3 is 19.2 Å². The van der Waals surface area contributed by atoms with Gasteiger partial charge in [-0.3, -0.25) is 9.59 Å². The Balaban J connectivity index is 1.72. The van der Waals surface area contributed by atoms with Crippen LogP contribution in [0.2, 0.25) is 0 Å². The van der Waals surface area contributed by atoms with Crippen molar-refractivity contribution in [3.05, 3.63) is 75.7 Å². The van der Waals surface area contributed by atoms with Crippen molar-refractivity contribution in [2.24, 2.45) is 5.92 Å². The summed E-state index contributed by atoms with van der Waals surface area (Å²) in [6.07, 6.45) is 0.686. The van der Waals surface area contributed by atoms with Gasteiger partial charge in [0.2, 0.25) is 5.78 Å². The lowest BCUT2D eigenvalue weighted by molar-refractivity contribution is -0.129. The van der Waals surface area contributed by atoms with Crippen molar-refractivity contribution in [3.8, 4) is 5.75 Å². The number of fused-ring (bicyclic) bond motifs is 1. The zero-order chi connectivity index (χ0) is 23.7. The highest BCUT2D eigenvalue weighted by Gasteiger charge is 2.44. The molecule has 1 amide bonds. The van der Waals surface area contributed by atoms with Gasteiger partial charge in [0.25, 0.3) is 5.91 Å². The molecule has 4 rings (SSSR count). The fourth-order valence-corrected chi connectivity index (χ4v) is 4.35. The first kappa shape index (κ1) is 23.1. The summed E-state index contributed by atoms with van der Waals surface area (Å²) in [7, 11) is 0. The fourth-order valence-electron chi connectivity index (χ4n) is 3.97. The van der Waals surface area contributed by atoms with Crippen LogP contribution in [0.3, 0.4) is 0 Å². The van der Waals surface area contributed by atoms with E-state index in [0.717, 1.165) is 15.4 Å². The highest BCUT2D eigenvalue weighted by atomic mass is 79.9. The number of ketones is 1. The van der Waals surface area contributed by atoms with Gasteiger partial charge in [-0.2, -0.15) is 0 Å². The number of aliphatic hydroxyl groups excluding tert-OH is 1. The lowest BCUT2D eigenvalue weighted by atomic mass is 9.95. The Kier molecular flexibility index (Phi) is 6.61. The van der Waals surface area contributed by atoms with Crippen molar-refractivity contribution in [1.82, 2.24) is 4.90 Å². The number of carbonyl (C=O) groups excluding carboxylic acids is 2. The van der Waals surface area contributed by atoms with E-state index in [9.17, 15) is 14.7 Å². The van der Waals surface area contributed by atoms with Crippen LogP contribution in [0.25, 0.3) is 11.0 Å². The number of Topliss-reactive ketones (excluding diaryl/α,β-unsaturated/α-hetero) is 1. The second-order valence-corrected chi connectivity index (χ2v) is 9.47. The van der Waals surface area contributed by atoms with E-state index in [2.05, 4.69) is 29.8 Å². The summed E-state index contributed by atoms with van der Waals surface area (Å²) in [6.45, 7) is 7.09. The van der Waals surface area contributed by atoms with E-state index in [0.29, 0.717) is 36.8 Å². The zero-order valence-electron chi connectivity index (χ0n) is 18.8. The van der Waals surface area contributed by atoms with Crippen molar-refractivity contribution < 1.29 is 23.8 Å². The van der Waals surface area contributed by atoms with Gasteiger partial charge in [-0.05, 0) is 54.3 Å². The number of carbonyl (C=O) groups is 2. The topological polar surface area (TPSA) is 80.0 Å². The number of rotatable bonds is 8. The first-order valence-corrected chi connectivity index (χ1v) is 11.8. The van der Waals surface area contributed by atoms with Crippen LogP contribution >= 0.6 is 15.9 Å². The Morgan fingerprint density at radius 3 is 2.58 bits per heavy atom. The number of amides is 1. The number of halogens is 1. The monoisotopic (exact) mass is 511 g/mol. The predicted molar refractivity (Wildman–Crippen MR) is 129 cm³/mol. The molecule has 1 N–H and O–H groups in total. The molecule has 0 bridgehead atoms. The van der Waals surface area contributed by atoms with Gasteiger partial charge in [-0.25, -0.2) is 0 Å². The maximum absolute atomic E-state index is 13.5. The summed E-state index contributed by atoms with van der Waals surface area (Å²) >= 11 is 3.41. The number of furan rings is 1. The number of hydrogen-bond acceptors (Lipinski definition) is 5. The Morgan fingerprint density at radius 2 is 1.91 bits per heavy atom. The minimum Gasteiger partial charge on any atom is -0.503 e. The van der Waals surface area contributed by atoms with Crippen molar-refractivity contribution >= 4 is 38.6 Å².